The fourth-order valence-corrected chi connectivity index (χ4v) is 3.45. The highest BCUT2D eigenvalue weighted by atomic mass is 16.2. The van der Waals surface area contributed by atoms with Crippen molar-refractivity contribution in [2.24, 2.45) is 0 Å². The van der Waals surface area contributed by atoms with E-state index in [2.05, 4.69) is 74.3 Å². The molecule has 3 rings (SSSR count). The van der Waals surface area contributed by atoms with Crippen molar-refractivity contribution < 1.29 is 4.79 Å². The van der Waals surface area contributed by atoms with E-state index in [1.807, 2.05) is 17.0 Å². The zero-order valence-electron chi connectivity index (χ0n) is 17.0. The third-order valence-corrected chi connectivity index (χ3v) is 5.19. The molecule has 2 aromatic carbocycles. The quantitative estimate of drug-likeness (QED) is 0.879. The second-order valence-corrected chi connectivity index (χ2v) is 8.42. The maximum absolute atomic E-state index is 12.5. The van der Waals surface area contributed by atoms with E-state index in [9.17, 15) is 4.79 Å². The molecule has 1 saturated heterocycles. The number of nitrogens with one attached hydrogen (secondary N) is 1. The van der Waals surface area contributed by atoms with E-state index in [1.165, 1.54) is 16.8 Å². The Morgan fingerprint density at radius 3 is 2.26 bits per heavy atom. The van der Waals surface area contributed by atoms with Crippen molar-refractivity contribution in [2.45, 2.75) is 39.7 Å². The lowest BCUT2D eigenvalue weighted by Crippen LogP contribution is -2.51. The largest absolute Gasteiger partial charge is 0.368 e. The Balaban J connectivity index is 1.50. The van der Waals surface area contributed by atoms with Crippen LogP contribution in [0.25, 0.3) is 0 Å². The van der Waals surface area contributed by atoms with Crippen LogP contribution in [0.4, 0.5) is 10.5 Å². The van der Waals surface area contributed by atoms with Crippen LogP contribution >= 0.6 is 0 Å². The number of amides is 2. The molecule has 0 bridgehead atoms. The van der Waals surface area contributed by atoms with Crippen LogP contribution in [0.3, 0.4) is 0 Å². The second kappa shape index (κ2) is 8.03. The van der Waals surface area contributed by atoms with E-state index >= 15 is 0 Å². The molecule has 0 unspecified atom stereocenters. The highest BCUT2D eigenvalue weighted by Gasteiger charge is 2.21. The molecule has 0 radical (unpaired) electrons. The summed E-state index contributed by atoms with van der Waals surface area (Å²) in [5.74, 6) is 0. The number of hydrogen-bond donors (Lipinski definition) is 1. The van der Waals surface area contributed by atoms with Crippen LogP contribution < -0.4 is 10.2 Å². The van der Waals surface area contributed by atoms with Gasteiger partial charge in [-0.2, -0.15) is 0 Å². The first-order chi connectivity index (χ1) is 12.8. The van der Waals surface area contributed by atoms with Crippen molar-refractivity contribution in [1.29, 1.82) is 0 Å². The van der Waals surface area contributed by atoms with Crippen LogP contribution in [-0.4, -0.2) is 37.1 Å². The molecule has 0 aliphatic carbocycles. The molecule has 1 heterocycles. The zero-order chi connectivity index (χ0) is 19.4. The first kappa shape index (κ1) is 19.3. The number of urea groups is 1. The first-order valence-electron chi connectivity index (χ1n) is 9.77. The van der Waals surface area contributed by atoms with Crippen LogP contribution in [0.2, 0.25) is 0 Å². The van der Waals surface area contributed by atoms with Gasteiger partial charge < -0.3 is 15.1 Å². The van der Waals surface area contributed by atoms with Crippen LogP contribution in [-0.2, 0) is 12.0 Å². The van der Waals surface area contributed by atoms with E-state index in [-0.39, 0.29) is 11.4 Å². The van der Waals surface area contributed by atoms with Gasteiger partial charge in [0.05, 0.1) is 0 Å². The smallest absolute Gasteiger partial charge is 0.317 e. The average Bonchev–Trinajstić information content (AvgIpc) is 2.66. The van der Waals surface area contributed by atoms with Gasteiger partial charge in [0.15, 0.2) is 0 Å². The first-order valence-corrected chi connectivity index (χ1v) is 9.77. The van der Waals surface area contributed by atoms with Crippen molar-refractivity contribution in [3.63, 3.8) is 0 Å². The monoisotopic (exact) mass is 365 g/mol. The van der Waals surface area contributed by atoms with Gasteiger partial charge in [0, 0.05) is 38.4 Å². The Hall–Kier alpha value is -2.49. The minimum absolute atomic E-state index is 0.0271. The Bertz CT molecular complexity index is 769. The normalized spacial score (nSPS) is 15.0. The summed E-state index contributed by atoms with van der Waals surface area (Å²) in [6.45, 7) is 12.6. The van der Waals surface area contributed by atoms with Crippen molar-refractivity contribution in [2.75, 3.05) is 31.1 Å². The molecule has 144 valence electrons. The fourth-order valence-electron chi connectivity index (χ4n) is 3.45. The molecule has 2 aromatic rings. The zero-order valence-corrected chi connectivity index (χ0v) is 17.0. The summed E-state index contributed by atoms with van der Waals surface area (Å²) in [6, 6.07) is 17.1. The van der Waals surface area contributed by atoms with Crippen LogP contribution in [0, 0.1) is 6.92 Å². The molecule has 0 atom stereocenters. The Labute approximate surface area is 163 Å². The molecule has 1 fully saturated rings. The van der Waals surface area contributed by atoms with Crippen molar-refractivity contribution >= 4 is 11.7 Å². The summed E-state index contributed by atoms with van der Waals surface area (Å²) < 4.78 is 0. The van der Waals surface area contributed by atoms with Crippen LogP contribution in [0.5, 0.6) is 0 Å². The molecule has 4 nitrogen and oxygen atoms in total. The molecule has 1 aliphatic rings. The molecule has 0 spiro atoms. The maximum Gasteiger partial charge on any atom is 0.317 e. The van der Waals surface area contributed by atoms with Crippen LogP contribution in [0.1, 0.15) is 37.5 Å². The number of hydrogen-bond acceptors (Lipinski definition) is 2. The summed E-state index contributed by atoms with van der Waals surface area (Å²) in [4.78, 5) is 16.7. The van der Waals surface area contributed by atoms with E-state index in [4.69, 9.17) is 0 Å². The van der Waals surface area contributed by atoms with E-state index in [0.29, 0.717) is 6.54 Å². The molecule has 2 amide bonds. The molecule has 4 heteroatoms. The minimum atomic E-state index is 0.0271. The number of carbonyl (C=O) groups excluding carboxylic acids is 1. The topological polar surface area (TPSA) is 35.6 Å². The van der Waals surface area contributed by atoms with Crippen molar-refractivity contribution in [3.05, 3.63) is 65.2 Å². The number of anilines is 1. The molecule has 27 heavy (non-hydrogen) atoms. The number of piperazine rings is 1. The van der Waals surface area contributed by atoms with Crippen molar-refractivity contribution in [3.8, 4) is 0 Å². The lowest BCUT2D eigenvalue weighted by Gasteiger charge is -2.36. The molecule has 0 saturated carbocycles. The third kappa shape index (κ3) is 5.03. The molecular weight excluding hydrogens is 334 g/mol. The number of aryl methyl sites for hydroxylation is 1. The predicted molar refractivity (Wildman–Crippen MR) is 112 cm³/mol. The molecule has 1 N–H and O–H groups in total. The van der Waals surface area contributed by atoms with Gasteiger partial charge in [-0.1, -0.05) is 62.7 Å². The third-order valence-electron chi connectivity index (χ3n) is 5.19. The number of carbonyl (C=O) groups is 1. The van der Waals surface area contributed by atoms with Gasteiger partial charge in [0.2, 0.25) is 0 Å². The summed E-state index contributed by atoms with van der Waals surface area (Å²) in [6.07, 6.45) is 0. The Kier molecular flexibility index (Phi) is 5.73. The summed E-state index contributed by atoms with van der Waals surface area (Å²) in [5, 5.41) is 3.04. The van der Waals surface area contributed by atoms with Gasteiger partial charge in [0.1, 0.15) is 0 Å². The number of rotatable bonds is 3. The summed E-state index contributed by atoms with van der Waals surface area (Å²) in [5.41, 5.74) is 5.11. The summed E-state index contributed by atoms with van der Waals surface area (Å²) >= 11 is 0. The average molecular weight is 366 g/mol. The minimum Gasteiger partial charge on any atom is -0.368 e. The van der Waals surface area contributed by atoms with E-state index in [0.717, 1.165) is 31.7 Å². The number of nitrogens with zero attached hydrogens (tertiary/aromatic N) is 2. The van der Waals surface area contributed by atoms with Crippen LogP contribution in [0.15, 0.2) is 48.5 Å². The van der Waals surface area contributed by atoms with Gasteiger partial charge >= 0.3 is 6.03 Å². The van der Waals surface area contributed by atoms with Gasteiger partial charge in [-0.15, -0.1) is 0 Å². The molecule has 1 aliphatic heterocycles. The van der Waals surface area contributed by atoms with Gasteiger partial charge in [-0.25, -0.2) is 4.79 Å². The van der Waals surface area contributed by atoms with E-state index in [1.54, 1.807) is 0 Å². The van der Waals surface area contributed by atoms with E-state index < -0.39 is 0 Å². The van der Waals surface area contributed by atoms with Gasteiger partial charge in [0.25, 0.3) is 0 Å². The fraction of sp³-hybridized carbons (Fsp3) is 0.435. The Morgan fingerprint density at radius 2 is 1.67 bits per heavy atom. The van der Waals surface area contributed by atoms with Gasteiger partial charge in [-0.05, 0) is 35.6 Å². The lowest BCUT2D eigenvalue weighted by molar-refractivity contribution is 0.194. The predicted octanol–water partition coefficient (Wildman–Crippen LogP) is 4.32. The SMILES string of the molecule is Cc1cccc(CNC(=O)N2CCN(c3ccc(C(C)(C)C)cc3)CC2)c1. The maximum atomic E-state index is 12.5. The molecular formula is C23H31N3O. The second-order valence-electron chi connectivity index (χ2n) is 8.42. The highest BCUT2D eigenvalue weighted by Crippen LogP contribution is 2.25. The van der Waals surface area contributed by atoms with Crippen molar-refractivity contribution in [1.82, 2.24) is 10.2 Å². The Morgan fingerprint density at radius 1 is 1.00 bits per heavy atom. The van der Waals surface area contributed by atoms with Gasteiger partial charge in [-0.3, -0.25) is 0 Å². The standard InChI is InChI=1S/C23H31N3O/c1-18-6-5-7-19(16-18)17-24-22(27)26-14-12-25(13-15-26)21-10-8-20(9-11-21)23(2,3)4/h5-11,16H,12-15,17H2,1-4H3,(H,24,27). The summed E-state index contributed by atoms with van der Waals surface area (Å²) in [7, 11) is 0. The molecule has 0 aromatic heterocycles. The lowest BCUT2D eigenvalue weighted by atomic mass is 9.87. The number of benzene rings is 2. The highest BCUT2D eigenvalue weighted by molar-refractivity contribution is 5.74.